The molecule has 1 aliphatic rings. The molecule has 1 aliphatic heterocycles. The maximum absolute atomic E-state index is 11.8. The van der Waals surface area contributed by atoms with Gasteiger partial charge in [-0.3, -0.25) is 4.79 Å². The van der Waals surface area contributed by atoms with E-state index in [0.717, 1.165) is 5.56 Å². The first-order valence-electron chi connectivity index (χ1n) is 5.58. The first-order valence-corrected chi connectivity index (χ1v) is 5.58. The fourth-order valence-electron chi connectivity index (χ4n) is 1.99. The topological polar surface area (TPSA) is 46.3 Å². The number of hydrogen-bond donors (Lipinski definition) is 1. The van der Waals surface area contributed by atoms with Gasteiger partial charge in [0.25, 0.3) is 0 Å². The van der Waals surface area contributed by atoms with Crippen molar-refractivity contribution < 1.29 is 4.79 Å². The molecule has 0 bridgehead atoms. The zero-order valence-electron chi connectivity index (χ0n) is 9.86. The SMILES string of the molecule is Cc1ccc(CC(=O)N2CC(C)(N)C2)cc1. The molecule has 3 heteroatoms. The van der Waals surface area contributed by atoms with Crippen LogP contribution in [0.1, 0.15) is 18.1 Å². The van der Waals surface area contributed by atoms with Crippen molar-refractivity contribution in [3.8, 4) is 0 Å². The Labute approximate surface area is 96.2 Å². The summed E-state index contributed by atoms with van der Waals surface area (Å²) in [5.74, 6) is 0.173. The summed E-state index contributed by atoms with van der Waals surface area (Å²) in [6, 6.07) is 8.08. The average molecular weight is 218 g/mol. The van der Waals surface area contributed by atoms with E-state index in [1.54, 1.807) is 0 Å². The number of carbonyl (C=O) groups excluding carboxylic acids is 1. The third-order valence-corrected chi connectivity index (χ3v) is 2.93. The van der Waals surface area contributed by atoms with E-state index >= 15 is 0 Å². The van der Waals surface area contributed by atoms with Crippen molar-refractivity contribution in [3.63, 3.8) is 0 Å². The van der Waals surface area contributed by atoms with Crippen molar-refractivity contribution in [2.75, 3.05) is 13.1 Å². The molecule has 1 aromatic rings. The fourth-order valence-corrected chi connectivity index (χ4v) is 1.99. The molecule has 0 radical (unpaired) electrons. The van der Waals surface area contributed by atoms with Gasteiger partial charge in [0.05, 0.1) is 6.42 Å². The lowest BCUT2D eigenvalue weighted by atomic mass is 9.93. The second-order valence-corrected chi connectivity index (χ2v) is 5.07. The summed E-state index contributed by atoms with van der Waals surface area (Å²) in [4.78, 5) is 13.7. The van der Waals surface area contributed by atoms with Crippen LogP contribution >= 0.6 is 0 Å². The summed E-state index contributed by atoms with van der Waals surface area (Å²) in [6.45, 7) is 5.37. The Kier molecular flexibility index (Phi) is 2.72. The monoisotopic (exact) mass is 218 g/mol. The average Bonchev–Trinajstić information content (AvgIpc) is 2.18. The smallest absolute Gasteiger partial charge is 0.227 e. The van der Waals surface area contributed by atoms with Crippen molar-refractivity contribution in [1.82, 2.24) is 4.90 Å². The van der Waals surface area contributed by atoms with Crippen LogP contribution in [-0.4, -0.2) is 29.4 Å². The molecule has 0 aliphatic carbocycles. The summed E-state index contributed by atoms with van der Waals surface area (Å²) < 4.78 is 0. The zero-order valence-corrected chi connectivity index (χ0v) is 9.86. The summed E-state index contributed by atoms with van der Waals surface area (Å²) in [5, 5.41) is 0. The molecule has 1 aromatic carbocycles. The molecule has 1 heterocycles. The number of benzene rings is 1. The Morgan fingerprint density at radius 3 is 2.44 bits per heavy atom. The van der Waals surface area contributed by atoms with Crippen LogP contribution in [0.4, 0.5) is 0 Å². The fraction of sp³-hybridized carbons (Fsp3) is 0.462. The minimum atomic E-state index is -0.178. The van der Waals surface area contributed by atoms with Crippen molar-refractivity contribution in [2.45, 2.75) is 25.8 Å². The maximum atomic E-state index is 11.8. The van der Waals surface area contributed by atoms with Gasteiger partial charge < -0.3 is 10.6 Å². The van der Waals surface area contributed by atoms with Crippen LogP contribution in [0.2, 0.25) is 0 Å². The summed E-state index contributed by atoms with van der Waals surface area (Å²) >= 11 is 0. The normalized spacial score (nSPS) is 18.1. The highest BCUT2D eigenvalue weighted by molar-refractivity contribution is 5.80. The molecule has 0 unspecified atom stereocenters. The minimum Gasteiger partial charge on any atom is -0.339 e. The summed E-state index contributed by atoms with van der Waals surface area (Å²) in [5.41, 5.74) is 7.98. The van der Waals surface area contributed by atoms with E-state index in [2.05, 4.69) is 0 Å². The van der Waals surface area contributed by atoms with E-state index in [9.17, 15) is 4.79 Å². The van der Waals surface area contributed by atoms with E-state index in [1.165, 1.54) is 5.56 Å². The molecular formula is C13H18N2O. The van der Waals surface area contributed by atoms with Gasteiger partial charge in [-0.25, -0.2) is 0 Å². The highest BCUT2D eigenvalue weighted by atomic mass is 16.2. The Bertz CT molecular complexity index is 387. The van der Waals surface area contributed by atoms with E-state index in [0.29, 0.717) is 19.5 Å². The Morgan fingerprint density at radius 2 is 1.94 bits per heavy atom. The number of hydrogen-bond acceptors (Lipinski definition) is 2. The predicted molar refractivity (Wildman–Crippen MR) is 64.1 cm³/mol. The van der Waals surface area contributed by atoms with Gasteiger partial charge >= 0.3 is 0 Å². The maximum Gasteiger partial charge on any atom is 0.227 e. The van der Waals surface area contributed by atoms with Crippen LogP contribution < -0.4 is 5.73 Å². The van der Waals surface area contributed by atoms with Crippen molar-refractivity contribution in [2.24, 2.45) is 5.73 Å². The second kappa shape index (κ2) is 3.91. The van der Waals surface area contributed by atoms with Crippen LogP contribution in [0, 0.1) is 6.92 Å². The molecule has 0 aromatic heterocycles. The molecule has 2 rings (SSSR count). The Hall–Kier alpha value is -1.35. The molecule has 0 saturated carbocycles. The van der Waals surface area contributed by atoms with Crippen molar-refractivity contribution >= 4 is 5.91 Å². The molecule has 2 N–H and O–H groups in total. The van der Waals surface area contributed by atoms with Gasteiger partial charge in [0.2, 0.25) is 5.91 Å². The van der Waals surface area contributed by atoms with Crippen LogP contribution in [0.5, 0.6) is 0 Å². The number of amides is 1. The standard InChI is InChI=1S/C13H18N2O/c1-10-3-5-11(6-4-10)7-12(16)15-8-13(2,14)9-15/h3-6H,7-9,14H2,1-2H3. The van der Waals surface area contributed by atoms with E-state index in [4.69, 9.17) is 5.73 Å². The van der Waals surface area contributed by atoms with Gasteiger partial charge in [-0.1, -0.05) is 29.8 Å². The van der Waals surface area contributed by atoms with Crippen LogP contribution in [0.3, 0.4) is 0 Å². The first-order chi connectivity index (χ1) is 7.46. The highest BCUT2D eigenvalue weighted by Crippen LogP contribution is 2.18. The Morgan fingerprint density at radius 1 is 1.38 bits per heavy atom. The van der Waals surface area contributed by atoms with E-state index in [-0.39, 0.29) is 11.4 Å². The molecule has 86 valence electrons. The third kappa shape index (κ3) is 2.42. The molecular weight excluding hydrogens is 200 g/mol. The van der Waals surface area contributed by atoms with E-state index < -0.39 is 0 Å². The molecule has 16 heavy (non-hydrogen) atoms. The number of aryl methyl sites for hydroxylation is 1. The molecule has 0 spiro atoms. The van der Waals surface area contributed by atoms with Gasteiger partial charge in [0.15, 0.2) is 0 Å². The third-order valence-electron chi connectivity index (χ3n) is 2.93. The zero-order chi connectivity index (χ0) is 11.8. The lowest BCUT2D eigenvalue weighted by molar-refractivity contribution is -0.137. The van der Waals surface area contributed by atoms with Crippen LogP contribution in [0.15, 0.2) is 24.3 Å². The van der Waals surface area contributed by atoms with Gasteiger partial charge in [-0.15, -0.1) is 0 Å². The molecule has 1 fully saturated rings. The van der Waals surface area contributed by atoms with Gasteiger partial charge in [-0.2, -0.15) is 0 Å². The molecule has 1 saturated heterocycles. The second-order valence-electron chi connectivity index (χ2n) is 5.07. The lowest BCUT2D eigenvalue weighted by Gasteiger charge is -2.45. The number of nitrogens with two attached hydrogens (primary N) is 1. The number of likely N-dealkylation sites (tertiary alicyclic amines) is 1. The van der Waals surface area contributed by atoms with Crippen molar-refractivity contribution in [1.29, 1.82) is 0 Å². The predicted octanol–water partition coefficient (Wildman–Crippen LogP) is 1.10. The summed E-state index contributed by atoms with van der Waals surface area (Å²) in [6.07, 6.45) is 0.482. The van der Waals surface area contributed by atoms with Gasteiger partial charge in [0.1, 0.15) is 0 Å². The van der Waals surface area contributed by atoms with E-state index in [1.807, 2.05) is 43.0 Å². The lowest BCUT2D eigenvalue weighted by Crippen LogP contribution is -2.67. The van der Waals surface area contributed by atoms with Gasteiger partial charge in [0, 0.05) is 18.6 Å². The molecule has 1 amide bonds. The number of carbonyl (C=O) groups is 1. The van der Waals surface area contributed by atoms with Gasteiger partial charge in [-0.05, 0) is 19.4 Å². The molecule has 3 nitrogen and oxygen atoms in total. The molecule has 0 atom stereocenters. The van der Waals surface area contributed by atoms with Crippen LogP contribution in [0.25, 0.3) is 0 Å². The highest BCUT2D eigenvalue weighted by Gasteiger charge is 2.37. The first kappa shape index (κ1) is 11.1. The van der Waals surface area contributed by atoms with Crippen LogP contribution in [-0.2, 0) is 11.2 Å². The number of nitrogens with zero attached hydrogens (tertiary/aromatic N) is 1. The quantitative estimate of drug-likeness (QED) is 0.808. The van der Waals surface area contributed by atoms with Crippen molar-refractivity contribution in [3.05, 3.63) is 35.4 Å². The minimum absolute atomic E-state index is 0.173. The largest absolute Gasteiger partial charge is 0.339 e. The Balaban J connectivity index is 1.91. The number of rotatable bonds is 2. The summed E-state index contributed by atoms with van der Waals surface area (Å²) in [7, 11) is 0.